The molecular formula is C32H34F2N6O3S. The van der Waals surface area contributed by atoms with Crippen molar-refractivity contribution < 1.29 is 23.1 Å². The van der Waals surface area contributed by atoms with Crippen LogP contribution in [0.25, 0.3) is 10.3 Å². The van der Waals surface area contributed by atoms with Crippen LogP contribution in [0.5, 0.6) is 11.6 Å². The molecule has 12 heteroatoms. The summed E-state index contributed by atoms with van der Waals surface area (Å²) in [7, 11) is 0. The quantitative estimate of drug-likeness (QED) is 0.191. The van der Waals surface area contributed by atoms with Crippen LogP contribution < -0.4 is 15.4 Å². The van der Waals surface area contributed by atoms with Crippen molar-refractivity contribution >= 4 is 51.0 Å². The van der Waals surface area contributed by atoms with E-state index in [4.69, 9.17) is 4.74 Å². The highest BCUT2D eigenvalue weighted by atomic mass is 32.1. The highest BCUT2D eigenvalue weighted by molar-refractivity contribution is 7.21. The Hall–Kier alpha value is -4.29. The predicted molar refractivity (Wildman–Crippen MR) is 170 cm³/mol. The van der Waals surface area contributed by atoms with Crippen LogP contribution in [0.3, 0.4) is 0 Å². The average molecular weight is 621 g/mol. The molecule has 4 aromatic rings. The van der Waals surface area contributed by atoms with E-state index in [1.807, 2.05) is 31.2 Å². The maximum atomic E-state index is 13.4. The molecule has 0 radical (unpaired) electrons. The molecule has 0 atom stereocenters. The summed E-state index contributed by atoms with van der Waals surface area (Å²) >= 11 is 1.19. The molecule has 44 heavy (non-hydrogen) atoms. The number of nitrogens with zero attached hydrogens (tertiary/aromatic N) is 4. The fourth-order valence-electron chi connectivity index (χ4n) is 4.87. The van der Waals surface area contributed by atoms with Gasteiger partial charge in [-0.1, -0.05) is 43.4 Å². The lowest BCUT2D eigenvalue weighted by molar-refractivity contribution is -0.119. The van der Waals surface area contributed by atoms with E-state index >= 15 is 0 Å². The molecule has 2 N–H and O–H groups in total. The molecule has 0 spiro atoms. The number of hydrogen-bond acceptors (Lipinski definition) is 8. The van der Waals surface area contributed by atoms with Gasteiger partial charge in [0, 0.05) is 61.3 Å². The molecule has 1 aliphatic heterocycles. The van der Waals surface area contributed by atoms with Gasteiger partial charge in [0.25, 0.3) is 11.8 Å². The fraction of sp³-hybridized carbons (Fsp3) is 0.344. The van der Waals surface area contributed by atoms with Gasteiger partial charge in [-0.15, -0.1) is 0 Å². The first-order valence-electron chi connectivity index (χ1n) is 14.2. The van der Waals surface area contributed by atoms with Crippen LogP contribution in [-0.4, -0.2) is 65.5 Å². The summed E-state index contributed by atoms with van der Waals surface area (Å²) in [5.74, 6) is -2.38. The Morgan fingerprint density at radius 3 is 2.61 bits per heavy atom. The molecule has 2 aromatic heterocycles. The van der Waals surface area contributed by atoms with Crippen molar-refractivity contribution in [1.82, 2.24) is 14.9 Å². The minimum absolute atomic E-state index is 0.0240. The molecule has 2 amide bonds. The SMILES string of the molecule is C=NCC(C)(C)c1cccc(C(=O)Nc2ccc(C)c(Oc3ccc4nc(NC(=O)CN5CCC(F)(F)CC5)sc4n3)c2)c1. The predicted octanol–water partition coefficient (Wildman–Crippen LogP) is 6.69. The molecule has 0 bridgehead atoms. The number of aliphatic imine (C=N–C) groups is 1. The van der Waals surface area contributed by atoms with Crippen molar-refractivity contribution in [3.05, 3.63) is 71.3 Å². The maximum Gasteiger partial charge on any atom is 0.255 e. The zero-order valence-corrected chi connectivity index (χ0v) is 25.6. The van der Waals surface area contributed by atoms with Crippen LogP contribution in [0.1, 0.15) is 48.2 Å². The Bertz CT molecular complexity index is 1700. The summed E-state index contributed by atoms with van der Waals surface area (Å²) in [4.78, 5) is 40.9. The van der Waals surface area contributed by atoms with Gasteiger partial charge in [0.05, 0.1) is 6.54 Å². The molecule has 0 unspecified atom stereocenters. The van der Waals surface area contributed by atoms with Crippen molar-refractivity contribution in [3.63, 3.8) is 0 Å². The second-order valence-electron chi connectivity index (χ2n) is 11.6. The molecule has 0 saturated carbocycles. The van der Waals surface area contributed by atoms with Gasteiger partial charge >= 0.3 is 0 Å². The van der Waals surface area contributed by atoms with E-state index in [0.717, 1.165) is 11.1 Å². The summed E-state index contributed by atoms with van der Waals surface area (Å²) < 4.78 is 32.9. The van der Waals surface area contributed by atoms with E-state index in [1.54, 1.807) is 35.2 Å². The van der Waals surface area contributed by atoms with Crippen molar-refractivity contribution in [3.8, 4) is 11.6 Å². The number of rotatable bonds is 10. The number of amides is 2. The second kappa shape index (κ2) is 12.7. The van der Waals surface area contributed by atoms with Gasteiger partial charge in [-0.25, -0.2) is 18.7 Å². The number of aryl methyl sites for hydroxylation is 1. The minimum Gasteiger partial charge on any atom is -0.439 e. The third-order valence-corrected chi connectivity index (χ3v) is 8.39. The normalized spacial score (nSPS) is 15.1. The monoisotopic (exact) mass is 620 g/mol. The van der Waals surface area contributed by atoms with E-state index in [2.05, 4.69) is 46.2 Å². The number of thiazole rings is 1. The molecule has 9 nitrogen and oxygen atoms in total. The number of benzene rings is 2. The number of likely N-dealkylation sites (tertiary alicyclic amines) is 1. The molecule has 230 valence electrons. The molecule has 1 aliphatic rings. The smallest absolute Gasteiger partial charge is 0.255 e. The highest BCUT2D eigenvalue weighted by Crippen LogP contribution is 2.32. The van der Waals surface area contributed by atoms with Crippen LogP contribution >= 0.6 is 11.3 Å². The van der Waals surface area contributed by atoms with Crippen molar-refractivity contribution in [1.29, 1.82) is 0 Å². The van der Waals surface area contributed by atoms with Gasteiger partial charge in [-0.3, -0.25) is 14.5 Å². The number of ether oxygens (including phenoxy) is 1. The summed E-state index contributed by atoms with van der Waals surface area (Å²) in [6.07, 6.45) is -0.493. The number of carbonyl (C=O) groups excluding carboxylic acids is 2. The number of fused-ring (bicyclic) bond motifs is 1. The summed E-state index contributed by atoms with van der Waals surface area (Å²) in [5.41, 5.74) is 3.26. The van der Waals surface area contributed by atoms with E-state index in [1.165, 1.54) is 11.3 Å². The first kappa shape index (κ1) is 31.1. The zero-order valence-electron chi connectivity index (χ0n) is 24.8. The Kier molecular flexibility index (Phi) is 9.02. The zero-order chi connectivity index (χ0) is 31.5. The van der Waals surface area contributed by atoms with Crippen LogP contribution in [0.2, 0.25) is 0 Å². The first-order valence-corrected chi connectivity index (χ1v) is 15.0. The number of aromatic nitrogens is 2. The van der Waals surface area contributed by atoms with Crippen LogP contribution in [-0.2, 0) is 10.2 Å². The van der Waals surface area contributed by atoms with Gasteiger partial charge in [0.1, 0.15) is 16.1 Å². The minimum atomic E-state index is -2.66. The number of halogens is 2. The van der Waals surface area contributed by atoms with Gasteiger partial charge in [0.2, 0.25) is 11.8 Å². The molecule has 3 heterocycles. The number of anilines is 2. The number of pyridine rings is 1. The second-order valence-corrected chi connectivity index (χ2v) is 12.5. The van der Waals surface area contributed by atoms with Crippen molar-refractivity contribution in [2.24, 2.45) is 4.99 Å². The van der Waals surface area contributed by atoms with Gasteiger partial charge in [0.15, 0.2) is 5.13 Å². The topological polar surface area (TPSA) is 109 Å². The number of alkyl halides is 2. The van der Waals surface area contributed by atoms with Gasteiger partial charge < -0.3 is 20.4 Å². The largest absolute Gasteiger partial charge is 0.439 e. The van der Waals surface area contributed by atoms with Gasteiger partial charge in [-0.2, -0.15) is 0 Å². The third-order valence-electron chi connectivity index (χ3n) is 7.50. The summed E-state index contributed by atoms with van der Waals surface area (Å²) in [6, 6.07) is 16.3. The van der Waals surface area contributed by atoms with Crippen molar-refractivity contribution in [2.75, 3.05) is 36.8 Å². The number of carbonyl (C=O) groups is 2. The third kappa shape index (κ3) is 7.61. The Morgan fingerprint density at radius 2 is 1.86 bits per heavy atom. The van der Waals surface area contributed by atoms with E-state index in [-0.39, 0.29) is 49.7 Å². The number of nitrogens with one attached hydrogen (secondary N) is 2. The lowest BCUT2D eigenvalue weighted by atomic mass is 9.84. The standard InChI is InChI=1S/C32H34F2N6O3S/c1-20-8-9-23(36-28(42)21-6-5-7-22(16-21)31(2,3)19-35-4)17-25(20)43-27-11-10-24-29(39-27)44-30(37-24)38-26(41)18-40-14-12-32(33,34)13-15-40/h5-11,16-17H,4,12-15,18-19H2,1-3H3,(H,36,42)(H,37,38,41). The van der Waals surface area contributed by atoms with E-state index in [0.29, 0.717) is 44.9 Å². The average Bonchev–Trinajstić information content (AvgIpc) is 3.37. The van der Waals surface area contributed by atoms with E-state index < -0.39 is 5.92 Å². The summed E-state index contributed by atoms with van der Waals surface area (Å²) in [6.45, 7) is 10.5. The van der Waals surface area contributed by atoms with E-state index in [9.17, 15) is 18.4 Å². The number of piperidine rings is 1. The Balaban J connectivity index is 1.24. The molecule has 5 rings (SSSR count). The Labute approximate surface area is 258 Å². The molecule has 1 fully saturated rings. The van der Waals surface area contributed by atoms with Crippen LogP contribution in [0, 0.1) is 6.92 Å². The van der Waals surface area contributed by atoms with Crippen LogP contribution in [0.4, 0.5) is 19.6 Å². The lowest BCUT2D eigenvalue weighted by Crippen LogP contribution is -2.42. The summed E-state index contributed by atoms with van der Waals surface area (Å²) in [5, 5.41) is 6.05. The molecule has 1 saturated heterocycles. The lowest BCUT2D eigenvalue weighted by Gasteiger charge is -2.30. The maximum absolute atomic E-state index is 13.4. The first-order chi connectivity index (χ1) is 20.9. The van der Waals surface area contributed by atoms with Crippen LogP contribution in [0.15, 0.2) is 59.6 Å². The number of hydrogen-bond donors (Lipinski definition) is 2. The fourth-order valence-corrected chi connectivity index (χ4v) is 5.71. The van der Waals surface area contributed by atoms with Crippen molar-refractivity contribution in [2.45, 2.75) is 45.0 Å². The Morgan fingerprint density at radius 1 is 1.09 bits per heavy atom. The molecule has 2 aromatic carbocycles. The molecular weight excluding hydrogens is 586 g/mol. The highest BCUT2D eigenvalue weighted by Gasteiger charge is 2.34. The molecule has 0 aliphatic carbocycles. The van der Waals surface area contributed by atoms with Gasteiger partial charge in [-0.05, 0) is 49.0 Å².